The Balaban J connectivity index is 0.990. The number of carbonyl (C=O) groups is 1. The van der Waals surface area contributed by atoms with Gasteiger partial charge in [0.1, 0.15) is 49.3 Å². The van der Waals surface area contributed by atoms with Crippen molar-refractivity contribution in [1.82, 2.24) is 0 Å². The monoisotopic (exact) mass is 696 g/mol. The molecular weight excluding hydrogens is 640 g/mol. The van der Waals surface area contributed by atoms with Crippen LogP contribution in [0.3, 0.4) is 0 Å². The van der Waals surface area contributed by atoms with Gasteiger partial charge in [0.05, 0.1) is 24.4 Å². The molecule has 49 heavy (non-hydrogen) atoms. The molecule has 2 saturated heterocycles. The SMILES string of the molecule is CO[C@@H]1[C@H](O)[C@H](O[C@H]2CC[C@@]3(C)[C@H](CC[C@H]4[C@H]3CC[C@]3(C)[C@@H](C5=CC(=O)OC5)CC[C@]43O)C2)O[C@@H](C)[C@H]1O[C@@H]1O[C@@H](CO)[C@H](O)[C@@H](O)[C@@H]1O. The summed E-state index contributed by atoms with van der Waals surface area (Å²) in [7, 11) is 1.44. The summed E-state index contributed by atoms with van der Waals surface area (Å²) in [5.41, 5.74) is 0.0599. The molecule has 6 N–H and O–H groups in total. The molecule has 0 spiro atoms. The van der Waals surface area contributed by atoms with Gasteiger partial charge in [-0.3, -0.25) is 0 Å². The minimum absolute atomic E-state index is 0.0579. The largest absolute Gasteiger partial charge is 0.458 e. The Morgan fingerprint density at radius 3 is 2.31 bits per heavy atom. The number of aliphatic hydroxyl groups is 6. The summed E-state index contributed by atoms with van der Waals surface area (Å²) in [6.45, 7) is 6.15. The molecule has 13 nitrogen and oxygen atoms in total. The van der Waals surface area contributed by atoms with E-state index in [0.29, 0.717) is 18.4 Å². The third kappa shape index (κ3) is 5.74. The number of fused-ring (bicyclic) bond motifs is 5. The second kappa shape index (κ2) is 13.3. The van der Waals surface area contributed by atoms with Gasteiger partial charge in [-0.2, -0.15) is 0 Å². The fourth-order valence-corrected chi connectivity index (χ4v) is 11.6. The molecule has 6 fully saturated rings. The number of carbonyl (C=O) groups excluding carboxylic acids is 1. The quantitative estimate of drug-likeness (QED) is 0.163. The lowest BCUT2D eigenvalue weighted by Crippen LogP contribution is -2.64. The summed E-state index contributed by atoms with van der Waals surface area (Å²) in [4.78, 5) is 11.9. The highest BCUT2D eigenvalue weighted by atomic mass is 16.7. The van der Waals surface area contributed by atoms with Crippen molar-refractivity contribution in [2.24, 2.45) is 34.5 Å². The van der Waals surface area contributed by atoms with E-state index in [1.54, 1.807) is 13.0 Å². The summed E-state index contributed by atoms with van der Waals surface area (Å²) in [5.74, 6) is 0.909. The van der Waals surface area contributed by atoms with E-state index in [-0.39, 0.29) is 34.7 Å². The molecule has 13 heteroatoms. The number of ether oxygens (including phenoxy) is 6. The Morgan fingerprint density at radius 1 is 0.857 bits per heavy atom. The second-order valence-corrected chi connectivity index (χ2v) is 16.5. The maximum atomic E-state index is 12.5. The zero-order chi connectivity index (χ0) is 35.0. The molecule has 0 aromatic carbocycles. The Labute approximate surface area is 287 Å². The Bertz CT molecular complexity index is 1260. The predicted octanol–water partition coefficient (Wildman–Crippen LogP) is 0.934. The average molecular weight is 697 g/mol. The van der Waals surface area contributed by atoms with Gasteiger partial charge in [0.2, 0.25) is 0 Å². The van der Waals surface area contributed by atoms with Crippen LogP contribution >= 0.6 is 0 Å². The summed E-state index contributed by atoms with van der Waals surface area (Å²) in [5, 5.41) is 64.3. The van der Waals surface area contributed by atoms with Crippen LogP contribution in [0.25, 0.3) is 0 Å². The topological polar surface area (TPSA) is 194 Å². The Hall–Kier alpha value is -1.23. The third-order valence-corrected chi connectivity index (χ3v) is 14.4. The van der Waals surface area contributed by atoms with Gasteiger partial charge in [-0.1, -0.05) is 13.8 Å². The lowest BCUT2D eigenvalue weighted by molar-refractivity contribution is -0.362. The van der Waals surface area contributed by atoms with Gasteiger partial charge >= 0.3 is 5.97 Å². The van der Waals surface area contributed by atoms with E-state index in [9.17, 15) is 35.4 Å². The second-order valence-electron chi connectivity index (χ2n) is 16.5. The third-order valence-electron chi connectivity index (χ3n) is 14.4. The van der Waals surface area contributed by atoms with E-state index in [2.05, 4.69) is 13.8 Å². The van der Waals surface area contributed by atoms with Gasteiger partial charge in [0, 0.05) is 18.6 Å². The summed E-state index contributed by atoms with van der Waals surface area (Å²) >= 11 is 0. The maximum Gasteiger partial charge on any atom is 0.331 e. The lowest BCUT2D eigenvalue weighted by Gasteiger charge is -2.64. The standard InChI is InChI=1S/C36H56O13/c1-17-30(49-32-28(41)27(40)26(39)24(15-37)48-32)31(44-4)29(42)33(46-17)47-20-7-10-34(2)19(14-20)5-6-23-22(34)8-11-35(3)21(9-12-36(23,35)43)18-13-25(38)45-16-18/h13,17,19-24,26-33,37,39-43H,5-12,14-16H2,1-4H3/t17-,19+,20-,21+,22+,23-,24-,26-,27+,28-,29-,30+,31+,32-,33-,34-,35+,36-/m0/s1. The number of aliphatic hydroxyl groups excluding tert-OH is 5. The van der Waals surface area contributed by atoms with Gasteiger partial charge in [-0.05, 0) is 99.4 Å². The van der Waals surface area contributed by atoms with Crippen molar-refractivity contribution >= 4 is 5.97 Å². The van der Waals surface area contributed by atoms with Crippen molar-refractivity contribution in [3.8, 4) is 0 Å². The molecular formula is C36H56O13. The lowest BCUT2D eigenvalue weighted by atomic mass is 9.43. The van der Waals surface area contributed by atoms with E-state index in [0.717, 1.165) is 63.4 Å². The number of hydrogen-bond donors (Lipinski definition) is 6. The van der Waals surface area contributed by atoms with Crippen LogP contribution in [0.2, 0.25) is 0 Å². The Morgan fingerprint density at radius 2 is 1.61 bits per heavy atom. The molecule has 7 rings (SSSR count). The number of hydrogen-bond acceptors (Lipinski definition) is 13. The van der Waals surface area contributed by atoms with Crippen LogP contribution in [-0.4, -0.2) is 130 Å². The molecule has 0 unspecified atom stereocenters. The normalized spacial score (nSPS) is 54.4. The molecule has 7 aliphatic rings. The predicted molar refractivity (Wildman–Crippen MR) is 170 cm³/mol. The summed E-state index contributed by atoms with van der Waals surface area (Å²) < 4.78 is 35.1. The number of rotatable bonds is 7. The molecule has 0 radical (unpaired) electrons. The maximum absolute atomic E-state index is 12.5. The van der Waals surface area contributed by atoms with Crippen molar-refractivity contribution < 1.29 is 63.9 Å². The molecule has 3 aliphatic heterocycles. The van der Waals surface area contributed by atoms with E-state index in [1.807, 2.05) is 0 Å². The van der Waals surface area contributed by atoms with Crippen LogP contribution in [0.15, 0.2) is 11.6 Å². The molecule has 0 aromatic rings. The van der Waals surface area contributed by atoms with Crippen LogP contribution in [0.5, 0.6) is 0 Å². The molecule has 4 saturated carbocycles. The first-order valence-corrected chi connectivity index (χ1v) is 18.3. The minimum atomic E-state index is -1.60. The molecule has 4 aliphatic carbocycles. The first-order chi connectivity index (χ1) is 23.3. The average Bonchev–Trinajstić information content (AvgIpc) is 3.62. The van der Waals surface area contributed by atoms with Crippen LogP contribution in [-0.2, 0) is 33.2 Å². The van der Waals surface area contributed by atoms with Crippen molar-refractivity contribution in [3.63, 3.8) is 0 Å². The first-order valence-electron chi connectivity index (χ1n) is 18.3. The minimum Gasteiger partial charge on any atom is -0.458 e. The van der Waals surface area contributed by atoms with E-state index >= 15 is 0 Å². The summed E-state index contributed by atoms with van der Waals surface area (Å²) in [6.07, 6.45) is -2.30. The van der Waals surface area contributed by atoms with E-state index < -0.39 is 73.6 Å². The molecule has 0 aromatic heterocycles. The van der Waals surface area contributed by atoms with E-state index in [1.165, 1.54) is 7.11 Å². The van der Waals surface area contributed by atoms with Gasteiger partial charge in [0.25, 0.3) is 0 Å². The highest BCUT2D eigenvalue weighted by Crippen LogP contribution is 2.70. The van der Waals surface area contributed by atoms with Crippen LogP contribution in [0.1, 0.15) is 78.6 Å². The zero-order valence-corrected chi connectivity index (χ0v) is 29.1. The fourth-order valence-electron chi connectivity index (χ4n) is 11.6. The van der Waals surface area contributed by atoms with Gasteiger partial charge in [-0.25, -0.2) is 4.79 Å². The highest BCUT2D eigenvalue weighted by Gasteiger charge is 2.68. The molecule has 0 bridgehead atoms. The molecule has 3 heterocycles. The smallest absolute Gasteiger partial charge is 0.331 e. The van der Waals surface area contributed by atoms with Crippen molar-refractivity contribution in [2.45, 2.75) is 152 Å². The van der Waals surface area contributed by atoms with Gasteiger partial charge in [0.15, 0.2) is 12.6 Å². The summed E-state index contributed by atoms with van der Waals surface area (Å²) in [6, 6.07) is 0. The number of methoxy groups -OCH3 is 1. The highest BCUT2D eigenvalue weighted by molar-refractivity contribution is 5.85. The van der Waals surface area contributed by atoms with Crippen LogP contribution in [0, 0.1) is 34.5 Å². The fraction of sp³-hybridized carbons (Fsp3) is 0.917. The van der Waals surface area contributed by atoms with Gasteiger partial charge in [-0.15, -0.1) is 0 Å². The molecule has 18 atom stereocenters. The Kier molecular flexibility index (Phi) is 9.82. The number of cyclic esters (lactones) is 1. The van der Waals surface area contributed by atoms with Crippen molar-refractivity contribution in [2.75, 3.05) is 20.3 Å². The first kappa shape index (κ1) is 36.1. The van der Waals surface area contributed by atoms with Crippen molar-refractivity contribution in [3.05, 3.63) is 11.6 Å². The van der Waals surface area contributed by atoms with Crippen LogP contribution in [0.4, 0.5) is 0 Å². The zero-order valence-electron chi connectivity index (χ0n) is 29.1. The van der Waals surface area contributed by atoms with Crippen LogP contribution < -0.4 is 0 Å². The molecule has 0 amide bonds. The van der Waals surface area contributed by atoms with E-state index in [4.69, 9.17) is 28.4 Å². The van der Waals surface area contributed by atoms with Crippen molar-refractivity contribution in [1.29, 1.82) is 0 Å². The molecule has 278 valence electrons. The number of esters is 1. The van der Waals surface area contributed by atoms with Gasteiger partial charge < -0.3 is 59.1 Å².